The lowest BCUT2D eigenvalue weighted by Crippen LogP contribution is -2.14. The standard InChI is InChI=1S/C14H21ClO6/c1-11(2)14(18)21-9-8-20-12(16)6-4-3-5-7-19-13(17)10-15/h1,3-10H2,2H3. The molecular weight excluding hydrogens is 300 g/mol. The van der Waals surface area contributed by atoms with Crippen LogP contribution in [0.1, 0.15) is 32.6 Å². The van der Waals surface area contributed by atoms with Crippen molar-refractivity contribution in [3.8, 4) is 0 Å². The van der Waals surface area contributed by atoms with E-state index in [1.54, 1.807) is 6.92 Å². The molecule has 0 N–H and O–H groups in total. The average molecular weight is 321 g/mol. The Morgan fingerprint density at radius 2 is 1.52 bits per heavy atom. The maximum atomic E-state index is 11.3. The molecule has 0 aliphatic heterocycles. The average Bonchev–Trinajstić information content (AvgIpc) is 2.46. The van der Waals surface area contributed by atoms with Crippen LogP contribution in [0.15, 0.2) is 12.2 Å². The Hall–Kier alpha value is -1.56. The number of ether oxygens (including phenoxy) is 3. The van der Waals surface area contributed by atoms with Gasteiger partial charge in [-0.2, -0.15) is 0 Å². The van der Waals surface area contributed by atoms with E-state index in [2.05, 4.69) is 6.58 Å². The molecule has 0 aliphatic carbocycles. The van der Waals surface area contributed by atoms with Gasteiger partial charge in [0.1, 0.15) is 19.1 Å². The first-order chi connectivity index (χ1) is 9.97. The Kier molecular flexibility index (Phi) is 11.3. The van der Waals surface area contributed by atoms with Crippen LogP contribution in [0.5, 0.6) is 0 Å². The minimum Gasteiger partial charge on any atom is -0.465 e. The summed E-state index contributed by atoms with van der Waals surface area (Å²) in [7, 11) is 0. The molecule has 21 heavy (non-hydrogen) atoms. The van der Waals surface area contributed by atoms with Crippen molar-refractivity contribution in [2.75, 3.05) is 25.7 Å². The zero-order valence-electron chi connectivity index (χ0n) is 12.2. The lowest BCUT2D eigenvalue weighted by Gasteiger charge is -2.06. The number of carbonyl (C=O) groups is 3. The Labute approximate surface area is 129 Å². The summed E-state index contributed by atoms with van der Waals surface area (Å²) >= 11 is 5.26. The topological polar surface area (TPSA) is 78.9 Å². The molecule has 0 aromatic carbocycles. The maximum Gasteiger partial charge on any atom is 0.333 e. The van der Waals surface area contributed by atoms with Crippen molar-refractivity contribution < 1.29 is 28.6 Å². The predicted octanol–water partition coefficient (Wildman–Crippen LogP) is 1.99. The SMILES string of the molecule is C=C(C)C(=O)OCCOC(=O)CCCCCOC(=O)CCl. The van der Waals surface area contributed by atoms with Gasteiger partial charge in [-0.25, -0.2) is 4.79 Å². The van der Waals surface area contributed by atoms with Crippen molar-refractivity contribution >= 4 is 29.5 Å². The number of hydrogen-bond acceptors (Lipinski definition) is 6. The summed E-state index contributed by atoms with van der Waals surface area (Å²) in [5.74, 6) is -1.44. The minimum atomic E-state index is -0.502. The molecule has 0 spiro atoms. The molecule has 6 nitrogen and oxygen atoms in total. The first kappa shape index (κ1) is 19.4. The molecule has 0 fully saturated rings. The first-order valence-electron chi connectivity index (χ1n) is 6.67. The number of halogens is 1. The van der Waals surface area contributed by atoms with Crippen LogP contribution in [0.2, 0.25) is 0 Å². The van der Waals surface area contributed by atoms with Crippen LogP contribution in [0.25, 0.3) is 0 Å². The summed E-state index contributed by atoms with van der Waals surface area (Å²) in [5.41, 5.74) is 0.302. The van der Waals surface area contributed by atoms with Gasteiger partial charge in [0.2, 0.25) is 0 Å². The molecule has 0 radical (unpaired) electrons. The second-order valence-corrected chi connectivity index (χ2v) is 4.57. The molecule has 7 heteroatoms. The monoisotopic (exact) mass is 320 g/mol. The zero-order chi connectivity index (χ0) is 16.1. The quantitative estimate of drug-likeness (QED) is 0.190. The van der Waals surface area contributed by atoms with Crippen molar-refractivity contribution in [2.24, 2.45) is 0 Å². The third-order valence-electron chi connectivity index (χ3n) is 2.33. The Morgan fingerprint density at radius 1 is 0.905 bits per heavy atom. The predicted molar refractivity (Wildman–Crippen MR) is 76.9 cm³/mol. The van der Waals surface area contributed by atoms with E-state index in [0.717, 1.165) is 6.42 Å². The highest BCUT2D eigenvalue weighted by Crippen LogP contribution is 2.02. The van der Waals surface area contributed by atoms with E-state index in [0.29, 0.717) is 25.0 Å². The maximum absolute atomic E-state index is 11.3. The molecule has 0 aromatic heterocycles. The summed E-state index contributed by atoms with van der Waals surface area (Å²) in [5, 5.41) is 0. The second kappa shape index (κ2) is 12.2. The third-order valence-corrected chi connectivity index (χ3v) is 2.54. The third kappa shape index (κ3) is 11.9. The van der Waals surface area contributed by atoms with Gasteiger partial charge in [-0.05, 0) is 26.2 Å². The molecule has 0 aliphatic rings. The van der Waals surface area contributed by atoms with E-state index in [4.69, 9.17) is 25.8 Å². The molecular formula is C14H21ClO6. The fraction of sp³-hybridized carbons (Fsp3) is 0.643. The van der Waals surface area contributed by atoms with E-state index < -0.39 is 11.9 Å². The molecule has 0 aromatic rings. The number of esters is 3. The number of unbranched alkanes of at least 4 members (excludes halogenated alkanes) is 2. The summed E-state index contributed by atoms with van der Waals surface area (Å²) < 4.78 is 14.4. The van der Waals surface area contributed by atoms with Crippen molar-refractivity contribution in [1.82, 2.24) is 0 Å². The van der Waals surface area contributed by atoms with Gasteiger partial charge < -0.3 is 14.2 Å². The normalized spacial score (nSPS) is 9.81. The Morgan fingerprint density at radius 3 is 2.14 bits per heavy atom. The molecule has 0 saturated heterocycles. The lowest BCUT2D eigenvalue weighted by atomic mass is 10.2. The van der Waals surface area contributed by atoms with Crippen molar-refractivity contribution in [3.63, 3.8) is 0 Å². The Bertz CT molecular complexity index is 366. The molecule has 0 bridgehead atoms. The molecule has 0 saturated carbocycles. The van der Waals surface area contributed by atoms with Gasteiger partial charge in [0.25, 0.3) is 0 Å². The number of rotatable bonds is 11. The van der Waals surface area contributed by atoms with Crippen molar-refractivity contribution in [3.05, 3.63) is 12.2 Å². The van der Waals surface area contributed by atoms with E-state index in [1.807, 2.05) is 0 Å². The molecule has 0 amide bonds. The highest BCUT2D eigenvalue weighted by Gasteiger charge is 2.06. The van der Waals surface area contributed by atoms with Gasteiger partial charge in [-0.1, -0.05) is 6.58 Å². The molecule has 0 atom stereocenters. The van der Waals surface area contributed by atoms with Gasteiger partial charge in [0.15, 0.2) is 0 Å². The van der Waals surface area contributed by atoms with E-state index >= 15 is 0 Å². The van der Waals surface area contributed by atoms with E-state index in [-0.39, 0.29) is 31.5 Å². The smallest absolute Gasteiger partial charge is 0.333 e. The van der Waals surface area contributed by atoms with Gasteiger partial charge >= 0.3 is 17.9 Å². The number of carbonyl (C=O) groups excluding carboxylic acids is 3. The fourth-order valence-corrected chi connectivity index (χ4v) is 1.34. The van der Waals surface area contributed by atoms with Gasteiger partial charge in [0.05, 0.1) is 6.61 Å². The van der Waals surface area contributed by atoms with Crippen LogP contribution >= 0.6 is 11.6 Å². The summed E-state index contributed by atoms with van der Waals surface area (Å²) in [6, 6.07) is 0. The van der Waals surface area contributed by atoms with E-state index in [9.17, 15) is 14.4 Å². The van der Waals surface area contributed by atoms with Gasteiger partial charge in [-0.3, -0.25) is 9.59 Å². The fourth-order valence-electron chi connectivity index (χ4n) is 1.26. The van der Waals surface area contributed by atoms with Gasteiger partial charge in [-0.15, -0.1) is 11.6 Å². The van der Waals surface area contributed by atoms with Crippen LogP contribution in [0.4, 0.5) is 0 Å². The number of alkyl halides is 1. The largest absolute Gasteiger partial charge is 0.465 e. The molecule has 0 heterocycles. The highest BCUT2D eigenvalue weighted by atomic mass is 35.5. The zero-order valence-corrected chi connectivity index (χ0v) is 12.9. The lowest BCUT2D eigenvalue weighted by molar-refractivity contribution is -0.150. The highest BCUT2D eigenvalue weighted by molar-refractivity contribution is 6.26. The molecule has 120 valence electrons. The van der Waals surface area contributed by atoms with Crippen LogP contribution in [0.3, 0.4) is 0 Å². The molecule has 0 unspecified atom stereocenters. The molecule has 0 rings (SSSR count). The minimum absolute atomic E-state index is 0.0197. The van der Waals surface area contributed by atoms with Crippen LogP contribution in [-0.4, -0.2) is 43.6 Å². The van der Waals surface area contributed by atoms with Crippen LogP contribution < -0.4 is 0 Å². The second-order valence-electron chi connectivity index (χ2n) is 4.30. The van der Waals surface area contributed by atoms with Crippen LogP contribution in [0, 0.1) is 0 Å². The Balaban J connectivity index is 3.41. The van der Waals surface area contributed by atoms with E-state index in [1.165, 1.54) is 0 Å². The first-order valence-corrected chi connectivity index (χ1v) is 7.20. The summed E-state index contributed by atoms with van der Waals surface area (Å²) in [4.78, 5) is 33.1. The van der Waals surface area contributed by atoms with Crippen molar-refractivity contribution in [1.29, 1.82) is 0 Å². The van der Waals surface area contributed by atoms with Crippen molar-refractivity contribution in [2.45, 2.75) is 32.6 Å². The van der Waals surface area contributed by atoms with Crippen LogP contribution in [-0.2, 0) is 28.6 Å². The van der Waals surface area contributed by atoms with Gasteiger partial charge in [0, 0.05) is 12.0 Å². The summed E-state index contributed by atoms with van der Waals surface area (Å²) in [6.45, 7) is 5.33. The summed E-state index contributed by atoms with van der Waals surface area (Å²) in [6.07, 6.45) is 2.34. The number of hydrogen-bond donors (Lipinski definition) is 0.